The van der Waals surface area contributed by atoms with E-state index in [0.717, 1.165) is 23.3 Å². The highest BCUT2D eigenvalue weighted by atomic mass is 16.6. The zero-order chi connectivity index (χ0) is 13.0. The van der Waals surface area contributed by atoms with E-state index in [2.05, 4.69) is 0 Å². The summed E-state index contributed by atoms with van der Waals surface area (Å²) in [6, 6.07) is 5.88. The first kappa shape index (κ1) is 12.9. The molecular weight excluding hydrogens is 232 g/mol. The fourth-order valence-corrected chi connectivity index (χ4v) is 1.98. The van der Waals surface area contributed by atoms with Crippen LogP contribution in [-0.2, 0) is 14.3 Å². The lowest BCUT2D eigenvalue weighted by molar-refractivity contribution is -0.151. The molecule has 0 saturated carbocycles. The van der Waals surface area contributed by atoms with Crippen LogP contribution in [0.2, 0.25) is 0 Å². The molecular formula is C14H18O4. The lowest BCUT2D eigenvalue weighted by atomic mass is 10.1. The molecule has 2 rings (SSSR count). The molecule has 0 aliphatic carbocycles. The fraction of sp³-hybridized carbons (Fsp3) is 0.500. The predicted molar refractivity (Wildman–Crippen MR) is 66.7 cm³/mol. The Balaban J connectivity index is 1.85. The zero-order valence-corrected chi connectivity index (χ0v) is 10.8. The van der Waals surface area contributed by atoms with Gasteiger partial charge in [-0.25, -0.2) is 4.79 Å². The van der Waals surface area contributed by atoms with Gasteiger partial charge in [0.25, 0.3) is 0 Å². The van der Waals surface area contributed by atoms with Crippen LogP contribution in [0, 0.1) is 13.8 Å². The second kappa shape index (κ2) is 5.87. The molecule has 0 unspecified atom stereocenters. The van der Waals surface area contributed by atoms with Crippen LogP contribution in [0.25, 0.3) is 0 Å². The van der Waals surface area contributed by atoms with E-state index in [1.165, 1.54) is 0 Å². The number of ether oxygens (including phenoxy) is 3. The molecule has 4 nitrogen and oxygen atoms in total. The average molecular weight is 250 g/mol. The van der Waals surface area contributed by atoms with Gasteiger partial charge in [0, 0.05) is 6.42 Å². The molecule has 0 aromatic heterocycles. The topological polar surface area (TPSA) is 44.8 Å². The number of esters is 1. The fourth-order valence-electron chi connectivity index (χ4n) is 1.98. The minimum Gasteiger partial charge on any atom is -0.481 e. The number of benzene rings is 1. The van der Waals surface area contributed by atoms with Crippen LogP contribution >= 0.6 is 0 Å². The lowest BCUT2D eigenvalue weighted by Crippen LogP contribution is -2.23. The van der Waals surface area contributed by atoms with Crippen LogP contribution in [0.5, 0.6) is 5.75 Å². The van der Waals surface area contributed by atoms with Gasteiger partial charge in [-0.1, -0.05) is 18.2 Å². The molecule has 0 N–H and O–H groups in total. The van der Waals surface area contributed by atoms with Crippen molar-refractivity contribution in [3.05, 3.63) is 29.3 Å². The van der Waals surface area contributed by atoms with Gasteiger partial charge in [-0.2, -0.15) is 0 Å². The van der Waals surface area contributed by atoms with Crippen LogP contribution in [0.3, 0.4) is 0 Å². The summed E-state index contributed by atoms with van der Waals surface area (Å²) in [5, 5.41) is 0. The van der Waals surface area contributed by atoms with Gasteiger partial charge in [-0.15, -0.1) is 0 Å². The molecule has 1 aromatic carbocycles. The number of carbonyl (C=O) groups excluding carboxylic acids is 1. The van der Waals surface area contributed by atoms with E-state index in [9.17, 15) is 4.79 Å². The molecule has 1 heterocycles. The summed E-state index contributed by atoms with van der Waals surface area (Å²) < 4.78 is 15.9. The van der Waals surface area contributed by atoms with E-state index in [1.807, 2.05) is 32.0 Å². The Bertz CT molecular complexity index is 402. The third-order valence-corrected chi connectivity index (χ3v) is 2.93. The van der Waals surface area contributed by atoms with Crippen molar-refractivity contribution < 1.29 is 19.0 Å². The van der Waals surface area contributed by atoms with Crippen molar-refractivity contribution in [1.82, 2.24) is 0 Å². The molecule has 1 aromatic rings. The van der Waals surface area contributed by atoms with Gasteiger partial charge in [0.05, 0.1) is 13.2 Å². The molecule has 0 amide bonds. The Kier molecular flexibility index (Phi) is 4.20. The van der Waals surface area contributed by atoms with E-state index in [-0.39, 0.29) is 18.7 Å². The maximum absolute atomic E-state index is 11.6. The van der Waals surface area contributed by atoms with Crippen molar-refractivity contribution in [3.8, 4) is 5.75 Å². The quantitative estimate of drug-likeness (QED) is 0.767. The highest BCUT2D eigenvalue weighted by Gasteiger charge is 2.20. The smallest absolute Gasteiger partial charge is 0.344 e. The summed E-state index contributed by atoms with van der Waals surface area (Å²) in [7, 11) is 0. The van der Waals surface area contributed by atoms with Gasteiger partial charge < -0.3 is 14.2 Å². The molecule has 0 bridgehead atoms. The van der Waals surface area contributed by atoms with Gasteiger partial charge in [0.2, 0.25) is 0 Å². The summed E-state index contributed by atoms with van der Waals surface area (Å²) in [5.74, 6) is 0.422. The molecule has 1 aliphatic heterocycles. The highest BCUT2D eigenvalue weighted by molar-refractivity contribution is 5.71. The van der Waals surface area contributed by atoms with E-state index >= 15 is 0 Å². The van der Waals surface area contributed by atoms with Crippen molar-refractivity contribution in [2.75, 3.05) is 19.8 Å². The minimum atomic E-state index is -0.340. The number of rotatable bonds is 4. The molecule has 98 valence electrons. The van der Waals surface area contributed by atoms with Gasteiger partial charge in [0.1, 0.15) is 11.9 Å². The van der Waals surface area contributed by atoms with Crippen molar-refractivity contribution in [3.63, 3.8) is 0 Å². The van der Waals surface area contributed by atoms with Gasteiger partial charge in [-0.3, -0.25) is 0 Å². The number of hydrogen-bond donors (Lipinski definition) is 0. The number of aryl methyl sites for hydroxylation is 2. The van der Waals surface area contributed by atoms with Crippen LogP contribution in [0.1, 0.15) is 17.5 Å². The Morgan fingerprint density at radius 1 is 1.39 bits per heavy atom. The van der Waals surface area contributed by atoms with E-state index in [4.69, 9.17) is 14.2 Å². The average Bonchev–Trinajstić information content (AvgIpc) is 2.81. The third kappa shape index (κ3) is 3.23. The first-order valence-electron chi connectivity index (χ1n) is 6.13. The van der Waals surface area contributed by atoms with E-state index in [0.29, 0.717) is 13.2 Å². The molecule has 1 aliphatic rings. The Labute approximate surface area is 107 Å². The van der Waals surface area contributed by atoms with E-state index < -0.39 is 0 Å². The minimum absolute atomic E-state index is 0.0534. The molecule has 0 spiro atoms. The van der Waals surface area contributed by atoms with Crippen LogP contribution in [0.15, 0.2) is 18.2 Å². The lowest BCUT2D eigenvalue weighted by Gasteiger charge is -2.13. The van der Waals surface area contributed by atoms with Gasteiger partial charge in [-0.05, 0) is 25.0 Å². The second-order valence-corrected chi connectivity index (χ2v) is 4.49. The SMILES string of the molecule is Cc1cccc(C)c1OCC(=O)O[C@H]1CCOC1. The Morgan fingerprint density at radius 3 is 2.72 bits per heavy atom. The van der Waals surface area contributed by atoms with Crippen molar-refractivity contribution in [2.45, 2.75) is 26.4 Å². The summed E-state index contributed by atoms with van der Waals surface area (Å²) in [6.45, 7) is 5.02. The van der Waals surface area contributed by atoms with Crippen LogP contribution in [-0.4, -0.2) is 31.9 Å². The van der Waals surface area contributed by atoms with Crippen molar-refractivity contribution in [1.29, 1.82) is 0 Å². The van der Waals surface area contributed by atoms with Crippen LogP contribution in [0.4, 0.5) is 0 Å². The molecule has 0 radical (unpaired) electrons. The number of hydrogen-bond acceptors (Lipinski definition) is 4. The van der Waals surface area contributed by atoms with Crippen LogP contribution < -0.4 is 4.74 Å². The number of carbonyl (C=O) groups is 1. The van der Waals surface area contributed by atoms with Crippen molar-refractivity contribution >= 4 is 5.97 Å². The zero-order valence-electron chi connectivity index (χ0n) is 10.8. The summed E-state index contributed by atoms with van der Waals surface area (Å²) >= 11 is 0. The molecule has 1 atom stereocenters. The summed E-state index contributed by atoms with van der Waals surface area (Å²) in [5.41, 5.74) is 2.04. The summed E-state index contributed by atoms with van der Waals surface area (Å²) in [4.78, 5) is 11.6. The Morgan fingerprint density at radius 2 is 2.11 bits per heavy atom. The first-order chi connectivity index (χ1) is 8.66. The largest absolute Gasteiger partial charge is 0.481 e. The van der Waals surface area contributed by atoms with E-state index in [1.54, 1.807) is 0 Å². The highest BCUT2D eigenvalue weighted by Crippen LogP contribution is 2.22. The van der Waals surface area contributed by atoms with Crippen molar-refractivity contribution in [2.24, 2.45) is 0 Å². The van der Waals surface area contributed by atoms with Gasteiger partial charge in [0.15, 0.2) is 6.61 Å². The monoisotopic (exact) mass is 250 g/mol. The standard InChI is InChI=1S/C14H18O4/c1-10-4-3-5-11(2)14(10)17-9-13(15)18-12-6-7-16-8-12/h3-5,12H,6-9H2,1-2H3/t12-/m0/s1. The molecule has 1 saturated heterocycles. The molecule has 18 heavy (non-hydrogen) atoms. The Hall–Kier alpha value is -1.55. The predicted octanol–water partition coefficient (Wildman–Crippen LogP) is 2.01. The number of para-hydroxylation sites is 1. The van der Waals surface area contributed by atoms with Gasteiger partial charge >= 0.3 is 5.97 Å². The second-order valence-electron chi connectivity index (χ2n) is 4.49. The molecule has 4 heteroatoms. The normalized spacial score (nSPS) is 18.7. The first-order valence-corrected chi connectivity index (χ1v) is 6.13. The third-order valence-electron chi connectivity index (χ3n) is 2.93. The summed E-state index contributed by atoms with van der Waals surface area (Å²) in [6.07, 6.45) is 0.661. The maximum Gasteiger partial charge on any atom is 0.344 e. The molecule has 1 fully saturated rings. The maximum atomic E-state index is 11.6.